The van der Waals surface area contributed by atoms with Crippen LogP contribution >= 0.6 is 0 Å². The zero-order chi connectivity index (χ0) is 16.8. The third-order valence-corrected chi connectivity index (χ3v) is 4.48. The summed E-state index contributed by atoms with van der Waals surface area (Å²) < 4.78 is 0. The Morgan fingerprint density at radius 1 is 1.17 bits per heavy atom. The van der Waals surface area contributed by atoms with Crippen molar-refractivity contribution in [3.05, 3.63) is 41.7 Å². The number of nitrogens with one attached hydrogen (secondary N) is 2. The van der Waals surface area contributed by atoms with Gasteiger partial charge >= 0.3 is 0 Å². The summed E-state index contributed by atoms with van der Waals surface area (Å²) in [7, 11) is 0. The van der Waals surface area contributed by atoms with Crippen LogP contribution in [0.25, 0.3) is 0 Å². The van der Waals surface area contributed by atoms with Gasteiger partial charge in [0.05, 0.1) is 0 Å². The highest BCUT2D eigenvalue weighted by atomic mass is 16.1. The lowest BCUT2D eigenvalue weighted by molar-refractivity contribution is 0.102. The molecule has 0 aliphatic carbocycles. The molecule has 0 radical (unpaired) electrons. The van der Waals surface area contributed by atoms with Crippen molar-refractivity contribution >= 4 is 17.3 Å². The van der Waals surface area contributed by atoms with Crippen molar-refractivity contribution in [3.63, 3.8) is 0 Å². The van der Waals surface area contributed by atoms with Crippen LogP contribution in [0.4, 0.5) is 11.4 Å². The Balaban J connectivity index is 1.61. The molecule has 2 heterocycles. The van der Waals surface area contributed by atoms with E-state index in [9.17, 15) is 4.79 Å². The zero-order valence-corrected chi connectivity index (χ0v) is 14.3. The first kappa shape index (κ1) is 16.6. The van der Waals surface area contributed by atoms with E-state index in [1.165, 1.54) is 31.4 Å². The summed E-state index contributed by atoms with van der Waals surface area (Å²) in [6.45, 7) is 4.35. The lowest BCUT2D eigenvalue weighted by Gasteiger charge is -2.22. The summed E-state index contributed by atoms with van der Waals surface area (Å²) in [5, 5.41) is 9.92. The minimum absolute atomic E-state index is 0.170. The van der Waals surface area contributed by atoms with E-state index in [0.29, 0.717) is 5.69 Å². The Morgan fingerprint density at radius 3 is 2.54 bits per heavy atom. The third kappa shape index (κ3) is 4.16. The molecule has 2 N–H and O–H groups in total. The SMILES string of the molecule is CCCc1cc(C(=O)Nc2ccc(N3CCCCCC3)cc2)n[nH]1. The van der Waals surface area contributed by atoms with Crippen LogP contribution in [0.3, 0.4) is 0 Å². The molecule has 1 aromatic heterocycles. The van der Waals surface area contributed by atoms with Crippen LogP contribution < -0.4 is 10.2 Å². The number of anilines is 2. The largest absolute Gasteiger partial charge is 0.372 e. The molecule has 0 spiro atoms. The highest BCUT2D eigenvalue weighted by Gasteiger charge is 2.12. The number of aryl methyl sites for hydroxylation is 1. The van der Waals surface area contributed by atoms with E-state index in [2.05, 4.69) is 39.5 Å². The topological polar surface area (TPSA) is 61.0 Å². The Kier molecular flexibility index (Phi) is 5.51. The summed E-state index contributed by atoms with van der Waals surface area (Å²) in [6, 6.07) is 9.95. The monoisotopic (exact) mass is 326 g/mol. The molecule has 1 aliphatic rings. The standard InChI is InChI=1S/C19H26N4O/c1-2-7-16-14-18(22-21-16)19(24)20-15-8-10-17(11-9-15)23-12-5-3-4-6-13-23/h8-11,14H,2-7,12-13H2,1H3,(H,20,24)(H,21,22). The van der Waals surface area contributed by atoms with Crippen LogP contribution in [0.5, 0.6) is 0 Å². The fourth-order valence-electron chi connectivity index (χ4n) is 3.15. The van der Waals surface area contributed by atoms with Gasteiger partial charge in [0.2, 0.25) is 0 Å². The molecule has 24 heavy (non-hydrogen) atoms. The van der Waals surface area contributed by atoms with Crippen molar-refractivity contribution in [3.8, 4) is 0 Å². The van der Waals surface area contributed by atoms with Gasteiger partial charge in [0.25, 0.3) is 5.91 Å². The van der Waals surface area contributed by atoms with Gasteiger partial charge in [0.1, 0.15) is 0 Å². The van der Waals surface area contributed by atoms with E-state index in [4.69, 9.17) is 0 Å². The molecule has 1 saturated heterocycles. The van der Waals surface area contributed by atoms with Crippen LogP contribution in [-0.2, 0) is 6.42 Å². The van der Waals surface area contributed by atoms with E-state index in [0.717, 1.165) is 37.3 Å². The highest BCUT2D eigenvalue weighted by Crippen LogP contribution is 2.21. The number of carbonyl (C=O) groups is 1. The van der Waals surface area contributed by atoms with Crippen molar-refractivity contribution in [1.29, 1.82) is 0 Å². The van der Waals surface area contributed by atoms with E-state index >= 15 is 0 Å². The van der Waals surface area contributed by atoms with Crippen molar-refractivity contribution in [2.75, 3.05) is 23.3 Å². The molecule has 1 aliphatic heterocycles. The van der Waals surface area contributed by atoms with Crippen LogP contribution in [0, 0.1) is 0 Å². The van der Waals surface area contributed by atoms with Gasteiger partial charge in [0.15, 0.2) is 5.69 Å². The number of aromatic nitrogens is 2. The molecule has 0 saturated carbocycles. The Bertz CT molecular complexity index is 654. The number of H-pyrrole nitrogens is 1. The second-order valence-corrected chi connectivity index (χ2v) is 6.43. The Hall–Kier alpha value is -2.30. The number of amides is 1. The summed E-state index contributed by atoms with van der Waals surface area (Å²) >= 11 is 0. The van der Waals surface area contributed by atoms with Crippen LogP contribution in [0.15, 0.2) is 30.3 Å². The normalized spacial score (nSPS) is 15.1. The van der Waals surface area contributed by atoms with E-state index in [1.54, 1.807) is 0 Å². The molecule has 3 rings (SSSR count). The van der Waals surface area contributed by atoms with Crippen LogP contribution in [0.2, 0.25) is 0 Å². The molecule has 2 aromatic rings. The van der Waals surface area contributed by atoms with Crippen LogP contribution in [-0.4, -0.2) is 29.2 Å². The first-order valence-electron chi connectivity index (χ1n) is 8.97. The zero-order valence-electron chi connectivity index (χ0n) is 14.3. The minimum atomic E-state index is -0.170. The first-order chi connectivity index (χ1) is 11.8. The lowest BCUT2D eigenvalue weighted by atomic mass is 10.2. The molecule has 1 amide bonds. The first-order valence-corrected chi connectivity index (χ1v) is 8.97. The number of carbonyl (C=O) groups excluding carboxylic acids is 1. The average molecular weight is 326 g/mol. The summed E-state index contributed by atoms with van der Waals surface area (Å²) in [4.78, 5) is 14.7. The predicted octanol–water partition coefficient (Wildman–Crippen LogP) is 3.99. The van der Waals surface area contributed by atoms with Gasteiger partial charge in [0, 0.05) is 30.2 Å². The molecule has 5 nitrogen and oxygen atoms in total. The Labute approximate surface area is 143 Å². The number of aromatic amines is 1. The van der Waals surface area contributed by atoms with Crippen molar-refractivity contribution in [1.82, 2.24) is 10.2 Å². The summed E-state index contributed by atoms with van der Waals surface area (Å²) in [6.07, 6.45) is 7.12. The highest BCUT2D eigenvalue weighted by molar-refractivity contribution is 6.02. The van der Waals surface area contributed by atoms with Gasteiger partial charge < -0.3 is 10.2 Å². The fraction of sp³-hybridized carbons (Fsp3) is 0.474. The fourth-order valence-corrected chi connectivity index (χ4v) is 3.15. The maximum atomic E-state index is 12.3. The lowest BCUT2D eigenvalue weighted by Crippen LogP contribution is -2.23. The van der Waals surface area contributed by atoms with Gasteiger partial charge in [-0.2, -0.15) is 5.10 Å². The molecule has 1 fully saturated rings. The molecular weight excluding hydrogens is 300 g/mol. The average Bonchev–Trinajstić information content (AvgIpc) is 2.90. The molecule has 5 heteroatoms. The smallest absolute Gasteiger partial charge is 0.276 e. The van der Waals surface area contributed by atoms with E-state index in [1.807, 2.05) is 18.2 Å². The maximum Gasteiger partial charge on any atom is 0.276 e. The van der Waals surface area contributed by atoms with E-state index < -0.39 is 0 Å². The van der Waals surface area contributed by atoms with E-state index in [-0.39, 0.29) is 5.91 Å². The van der Waals surface area contributed by atoms with Gasteiger partial charge in [-0.15, -0.1) is 0 Å². The Morgan fingerprint density at radius 2 is 1.88 bits per heavy atom. The number of rotatable bonds is 5. The van der Waals surface area contributed by atoms with Gasteiger partial charge in [-0.1, -0.05) is 26.2 Å². The number of benzene rings is 1. The number of hydrogen-bond acceptors (Lipinski definition) is 3. The van der Waals surface area contributed by atoms with Gasteiger partial charge in [-0.3, -0.25) is 9.89 Å². The minimum Gasteiger partial charge on any atom is -0.372 e. The summed E-state index contributed by atoms with van der Waals surface area (Å²) in [5.74, 6) is -0.170. The molecule has 0 unspecified atom stereocenters. The maximum absolute atomic E-state index is 12.3. The van der Waals surface area contributed by atoms with Crippen molar-refractivity contribution in [2.24, 2.45) is 0 Å². The van der Waals surface area contributed by atoms with Gasteiger partial charge in [-0.25, -0.2) is 0 Å². The van der Waals surface area contributed by atoms with Crippen molar-refractivity contribution < 1.29 is 4.79 Å². The molecule has 0 bridgehead atoms. The second-order valence-electron chi connectivity index (χ2n) is 6.43. The third-order valence-electron chi connectivity index (χ3n) is 4.48. The molecule has 0 atom stereocenters. The summed E-state index contributed by atoms with van der Waals surface area (Å²) in [5.41, 5.74) is 3.48. The molecule has 1 aromatic carbocycles. The quantitative estimate of drug-likeness (QED) is 0.873. The second kappa shape index (κ2) is 7.99. The number of nitrogens with zero attached hydrogens (tertiary/aromatic N) is 2. The molecule has 128 valence electrons. The molecular formula is C19H26N4O. The number of hydrogen-bond donors (Lipinski definition) is 2. The van der Waals surface area contributed by atoms with Crippen molar-refractivity contribution in [2.45, 2.75) is 45.4 Å². The van der Waals surface area contributed by atoms with Crippen LogP contribution in [0.1, 0.15) is 55.2 Å². The van der Waals surface area contributed by atoms with Gasteiger partial charge in [-0.05, 0) is 49.6 Å². The predicted molar refractivity (Wildman–Crippen MR) is 97.7 cm³/mol.